The van der Waals surface area contributed by atoms with Gasteiger partial charge in [-0.2, -0.15) is 0 Å². The van der Waals surface area contributed by atoms with Crippen molar-refractivity contribution in [2.75, 3.05) is 45.8 Å². The second-order valence-electron chi connectivity index (χ2n) is 10.2. The number of fused-ring (bicyclic) bond motifs is 1. The van der Waals surface area contributed by atoms with Gasteiger partial charge in [0.25, 0.3) is 0 Å². The lowest BCUT2D eigenvalue weighted by molar-refractivity contribution is -0.123. The van der Waals surface area contributed by atoms with E-state index in [4.69, 9.17) is 0 Å². The summed E-state index contributed by atoms with van der Waals surface area (Å²) in [6, 6.07) is 15.4. The van der Waals surface area contributed by atoms with Crippen LogP contribution in [-0.2, 0) is 11.2 Å². The highest BCUT2D eigenvalue weighted by atomic mass is 16.2. The molecule has 1 heterocycles. The first-order valence-corrected chi connectivity index (χ1v) is 13.2. The van der Waals surface area contributed by atoms with Crippen molar-refractivity contribution in [3.8, 4) is 0 Å². The maximum absolute atomic E-state index is 12.8. The van der Waals surface area contributed by atoms with E-state index in [1.165, 1.54) is 48.7 Å². The van der Waals surface area contributed by atoms with Gasteiger partial charge in [-0.3, -0.25) is 9.69 Å². The van der Waals surface area contributed by atoms with E-state index in [9.17, 15) is 4.79 Å². The number of nitrogens with zero attached hydrogens (tertiary/aromatic N) is 2. The van der Waals surface area contributed by atoms with Crippen LogP contribution in [0.2, 0.25) is 0 Å². The monoisotopic (exact) mass is 451 g/mol. The van der Waals surface area contributed by atoms with Gasteiger partial charge < -0.3 is 10.2 Å². The van der Waals surface area contributed by atoms with Gasteiger partial charge in [-0.25, -0.2) is 0 Å². The summed E-state index contributed by atoms with van der Waals surface area (Å²) in [5.41, 5.74) is 1.43. The number of piperidine rings is 1. The first-order chi connectivity index (χ1) is 16.0. The van der Waals surface area contributed by atoms with E-state index in [2.05, 4.69) is 85.3 Å². The zero-order valence-electron chi connectivity index (χ0n) is 21.4. The maximum Gasteiger partial charge on any atom is 0.234 e. The maximum atomic E-state index is 12.8. The summed E-state index contributed by atoms with van der Waals surface area (Å²) in [6.07, 6.45) is 6.10. The number of amides is 1. The predicted molar refractivity (Wildman–Crippen MR) is 141 cm³/mol. The minimum absolute atomic E-state index is 0.0283. The average Bonchev–Trinajstić information content (AvgIpc) is 2.85. The molecule has 0 radical (unpaired) electrons. The summed E-state index contributed by atoms with van der Waals surface area (Å²) in [4.78, 5) is 17.7. The number of carbonyl (C=O) groups is 1. The van der Waals surface area contributed by atoms with Crippen LogP contribution in [0.25, 0.3) is 10.8 Å². The van der Waals surface area contributed by atoms with Crippen molar-refractivity contribution in [2.24, 2.45) is 11.3 Å². The normalized spacial score (nSPS) is 16.9. The molecule has 1 unspecified atom stereocenters. The van der Waals surface area contributed by atoms with Crippen molar-refractivity contribution >= 4 is 16.7 Å². The molecule has 1 fully saturated rings. The SMILES string of the molecule is CCN(CC)CC(=O)NCC(CCN1CCCCC1)(Cc1cccc2ccccc12)C(C)C. The fraction of sp³-hybridized carbons (Fsp3) is 0.621. The van der Waals surface area contributed by atoms with E-state index in [0.29, 0.717) is 12.5 Å². The van der Waals surface area contributed by atoms with Crippen molar-refractivity contribution in [1.29, 1.82) is 0 Å². The Kier molecular flexibility index (Phi) is 9.76. The van der Waals surface area contributed by atoms with E-state index in [1.54, 1.807) is 0 Å². The first-order valence-electron chi connectivity index (χ1n) is 13.2. The molecule has 1 aliphatic heterocycles. The number of benzene rings is 2. The number of nitrogens with one attached hydrogen (secondary N) is 1. The molecule has 0 bridgehead atoms. The molecule has 0 saturated carbocycles. The summed E-state index contributed by atoms with van der Waals surface area (Å²) < 4.78 is 0. The number of rotatable bonds is 12. The average molecular weight is 452 g/mol. The van der Waals surface area contributed by atoms with E-state index < -0.39 is 0 Å². The lowest BCUT2D eigenvalue weighted by atomic mass is 9.69. The minimum Gasteiger partial charge on any atom is -0.354 e. The summed E-state index contributed by atoms with van der Waals surface area (Å²) in [6.45, 7) is 15.5. The standard InChI is InChI=1S/C29H45N3O/c1-5-31(6-2)22-28(33)30-23-29(24(3)4,17-20-32-18-10-7-11-19-32)21-26-15-12-14-25-13-8-9-16-27(25)26/h8-9,12-16,24H,5-7,10-11,17-23H2,1-4H3,(H,30,33). The fourth-order valence-electron chi connectivity index (χ4n) is 5.31. The molecule has 1 amide bonds. The molecule has 0 aromatic heterocycles. The van der Waals surface area contributed by atoms with Crippen LogP contribution in [0.4, 0.5) is 0 Å². The number of likely N-dealkylation sites (N-methyl/N-ethyl adjacent to an activating group) is 1. The van der Waals surface area contributed by atoms with Crippen molar-refractivity contribution in [1.82, 2.24) is 15.1 Å². The Morgan fingerprint density at radius 3 is 2.42 bits per heavy atom. The molecule has 33 heavy (non-hydrogen) atoms. The van der Waals surface area contributed by atoms with Crippen LogP contribution >= 0.6 is 0 Å². The van der Waals surface area contributed by atoms with Crippen LogP contribution in [0.1, 0.15) is 58.9 Å². The Morgan fingerprint density at radius 2 is 1.73 bits per heavy atom. The summed E-state index contributed by atoms with van der Waals surface area (Å²) >= 11 is 0. The van der Waals surface area contributed by atoms with Gasteiger partial charge in [-0.05, 0) is 86.1 Å². The molecule has 2 aromatic carbocycles. The molecule has 4 nitrogen and oxygen atoms in total. The molecule has 182 valence electrons. The topological polar surface area (TPSA) is 35.6 Å². The van der Waals surface area contributed by atoms with Crippen LogP contribution in [0.15, 0.2) is 42.5 Å². The number of hydrogen-bond donors (Lipinski definition) is 1. The van der Waals surface area contributed by atoms with Crippen LogP contribution in [-0.4, -0.2) is 61.5 Å². The van der Waals surface area contributed by atoms with Gasteiger partial charge in [0.2, 0.25) is 5.91 Å². The third-order valence-corrected chi connectivity index (χ3v) is 7.92. The third-order valence-electron chi connectivity index (χ3n) is 7.92. The number of likely N-dealkylation sites (tertiary alicyclic amines) is 1. The minimum atomic E-state index is 0.0283. The van der Waals surface area contributed by atoms with Crippen LogP contribution in [0.3, 0.4) is 0 Å². The van der Waals surface area contributed by atoms with E-state index in [0.717, 1.165) is 39.0 Å². The molecule has 0 aliphatic carbocycles. The summed E-state index contributed by atoms with van der Waals surface area (Å²) in [7, 11) is 0. The Balaban J connectivity index is 1.83. The Morgan fingerprint density at radius 1 is 1.03 bits per heavy atom. The van der Waals surface area contributed by atoms with Crippen LogP contribution < -0.4 is 5.32 Å². The zero-order valence-corrected chi connectivity index (χ0v) is 21.4. The Labute approximate surface area is 201 Å². The zero-order chi connectivity index (χ0) is 23.7. The first kappa shape index (κ1) is 25.7. The van der Waals surface area contributed by atoms with Gasteiger partial charge in [-0.15, -0.1) is 0 Å². The number of hydrogen-bond acceptors (Lipinski definition) is 3. The van der Waals surface area contributed by atoms with E-state index in [-0.39, 0.29) is 11.3 Å². The molecule has 2 aromatic rings. The van der Waals surface area contributed by atoms with Gasteiger partial charge >= 0.3 is 0 Å². The molecule has 0 spiro atoms. The molecular weight excluding hydrogens is 406 g/mol. The molecule has 1 atom stereocenters. The van der Waals surface area contributed by atoms with Gasteiger partial charge in [0.05, 0.1) is 6.54 Å². The second kappa shape index (κ2) is 12.5. The molecular formula is C29H45N3O. The predicted octanol–water partition coefficient (Wildman–Crippen LogP) is 5.36. The van der Waals surface area contributed by atoms with Crippen LogP contribution in [0.5, 0.6) is 0 Å². The highest BCUT2D eigenvalue weighted by molar-refractivity contribution is 5.85. The lowest BCUT2D eigenvalue weighted by Gasteiger charge is -2.41. The fourth-order valence-corrected chi connectivity index (χ4v) is 5.31. The van der Waals surface area contributed by atoms with Crippen molar-refractivity contribution in [2.45, 2.75) is 59.8 Å². The molecule has 3 rings (SSSR count). The Hall–Kier alpha value is -1.91. The van der Waals surface area contributed by atoms with Crippen LogP contribution in [0, 0.1) is 11.3 Å². The van der Waals surface area contributed by atoms with Gasteiger partial charge in [-0.1, -0.05) is 76.6 Å². The van der Waals surface area contributed by atoms with Gasteiger partial charge in [0, 0.05) is 6.54 Å². The lowest BCUT2D eigenvalue weighted by Crippen LogP contribution is -2.47. The van der Waals surface area contributed by atoms with Crippen molar-refractivity contribution in [3.63, 3.8) is 0 Å². The third kappa shape index (κ3) is 7.04. The molecule has 4 heteroatoms. The smallest absolute Gasteiger partial charge is 0.234 e. The van der Waals surface area contributed by atoms with Gasteiger partial charge in [0.15, 0.2) is 0 Å². The summed E-state index contributed by atoms with van der Waals surface area (Å²) in [5.74, 6) is 0.620. The molecule has 1 aliphatic rings. The number of carbonyl (C=O) groups excluding carboxylic acids is 1. The highest BCUT2D eigenvalue weighted by Crippen LogP contribution is 2.37. The second-order valence-corrected chi connectivity index (χ2v) is 10.2. The van der Waals surface area contributed by atoms with Crippen molar-refractivity contribution in [3.05, 3.63) is 48.0 Å². The van der Waals surface area contributed by atoms with Crippen molar-refractivity contribution < 1.29 is 4.79 Å². The quantitative estimate of drug-likeness (QED) is 0.472. The Bertz CT molecular complexity index is 865. The summed E-state index contributed by atoms with van der Waals surface area (Å²) in [5, 5.41) is 6.01. The van der Waals surface area contributed by atoms with E-state index >= 15 is 0 Å². The largest absolute Gasteiger partial charge is 0.354 e. The highest BCUT2D eigenvalue weighted by Gasteiger charge is 2.35. The van der Waals surface area contributed by atoms with E-state index in [1.807, 2.05) is 0 Å². The molecule has 1 saturated heterocycles. The molecule has 1 N–H and O–H groups in total. The van der Waals surface area contributed by atoms with Gasteiger partial charge in [0.1, 0.15) is 0 Å².